The molecule has 0 bridgehead atoms. The van der Waals surface area contributed by atoms with E-state index in [1.165, 1.54) is 0 Å². The summed E-state index contributed by atoms with van der Waals surface area (Å²) in [5.41, 5.74) is 1.55. The molecule has 0 radical (unpaired) electrons. The molecule has 0 aliphatic carbocycles. The number of carbonyl (C=O) groups excluding carboxylic acids is 1. The van der Waals surface area contributed by atoms with Gasteiger partial charge < -0.3 is 18.8 Å². The van der Waals surface area contributed by atoms with E-state index in [9.17, 15) is 4.79 Å². The van der Waals surface area contributed by atoms with Gasteiger partial charge in [0.1, 0.15) is 29.6 Å². The summed E-state index contributed by atoms with van der Waals surface area (Å²) < 4.78 is 16.3. The molecule has 0 saturated carbocycles. The molecule has 1 heterocycles. The van der Waals surface area contributed by atoms with Crippen LogP contribution in [0.15, 0.2) is 28.7 Å². The van der Waals surface area contributed by atoms with Gasteiger partial charge in [-0.1, -0.05) is 0 Å². The third kappa shape index (κ3) is 3.86. The molecule has 5 heteroatoms. The highest BCUT2D eigenvalue weighted by Gasteiger charge is 2.21. The molecule has 0 atom stereocenters. The van der Waals surface area contributed by atoms with Crippen molar-refractivity contribution in [2.45, 2.75) is 20.8 Å². The van der Waals surface area contributed by atoms with Gasteiger partial charge in [-0.15, -0.1) is 0 Å². The Morgan fingerprint density at radius 1 is 1.09 bits per heavy atom. The highest BCUT2D eigenvalue weighted by atomic mass is 16.5. The maximum Gasteiger partial charge on any atom is 0.257 e. The van der Waals surface area contributed by atoms with E-state index in [0.29, 0.717) is 24.5 Å². The van der Waals surface area contributed by atoms with Crippen LogP contribution in [0.3, 0.4) is 0 Å². The number of carbonyl (C=O) groups is 1. The summed E-state index contributed by atoms with van der Waals surface area (Å²) in [6.07, 6.45) is 0. The largest absolute Gasteiger partial charge is 0.497 e. The summed E-state index contributed by atoms with van der Waals surface area (Å²) in [7, 11) is 3.39. The second-order valence-electron chi connectivity index (χ2n) is 5.47. The summed E-state index contributed by atoms with van der Waals surface area (Å²) in [6.45, 7) is 6.50. The molecule has 2 rings (SSSR count). The number of amides is 1. The molecule has 124 valence electrons. The van der Waals surface area contributed by atoms with E-state index in [2.05, 4.69) is 0 Å². The van der Waals surface area contributed by atoms with Gasteiger partial charge in [0.15, 0.2) is 0 Å². The van der Waals surface area contributed by atoms with E-state index >= 15 is 0 Å². The van der Waals surface area contributed by atoms with Gasteiger partial charge >= 0.3 is 0 Å². The van der Waals surface area contributed by atoms with Crippen molar-refractivity contribution < 1.29 is 18.7 Å². The first-order valence-corrected chi connectivity index (χ1v) is 7.53. The molecule has 0 unspecified atom stereocenters. The number of ether oxygens (including phenoxy) is 2. The first-order chi connectivity index (χ1) is 10.9. The lowest BCUT2D eigenvalue weighted by Gasteiger charge is -2.17. The minimum atomic E-state index is -0.0461. The molecule has 1 aromatic carbocycles. The molecule has 0 aliphatic heterocycles. The smallest absolute Gasteiger partial charge is 0.257 e. The van der Waals surface area contributed by atoms with Crippen molar-refractivity contribution >= 4 is 5.91 Å². The number of hydrogen-bond donors (Lipinski definition) is 0. The predicted octanol–water partition coefficient (Wildman–Crippen LogP) is 3.36. The van der Waals surface area contributed by atoms with Gasteiger partial charge in [0.05, 0.1) is 19.2 Å². The van der Waals surface area contributed by atoms with Gasteiger partial charge in [0, 0.05) is 12.6 Å². The Labute approximate surface area is 136 Å². The number of benzene rings is 1. The monoisotopic (exact) mass is 317 g/mol. The molecule has 1 amide bonds. The van der Waals surface area contributed by atoms with Crippen molar-refractivity contribution in [2.24, 2.45) is 0 Å². The molecule has 5 nitrogen and oxygen atoms in total. The molecule has 0 N–H and O–H groups in total. The zero-order valence-electron chi connectivity index (χ0n) is 14.3. The molecule has 0 spiro atoms. The van der Waals surface area contributed by atoms with E-state index in [1.54, 1.807) is 19.1 Å². The van der Waals surface area contributed by atoms with E-state index < -0.39 is 0 Å². The van der Waals surface area contributed by atoms with Crippen LogP contribution in [-0.4, -0.2) is 38.1 Å². The van der Waals surface area contributed by atoms with E-state index in [1.807, 2.05) is 45.0 Å². The summed E-state index contributed by atoms with van der Waals surface area (Å²) >= 11 is 0. The quantitative estimate of drug-likeness (QED) is 0.820. The SMILES string of the molecule is COc1ccc(OCCN(C)C(=O)c2c(C)oc(C)c2C)cc1. The fourth-order valence-corrected chi connectivity index (χ4v) is 2.37. The number of hydrogen-bond acceptors (Lipinski definition) is 4. The molecular formula is C18H23NO4. The summed E-state index contributed by atoms with van der Waals surface area (Å²) in [5, 5.41) is 0. The summed E-state index contributed by atoms with van der Waals surface area (Å²) in [6, 6.07) is 7.36. The Morgan fingerprint density at radius 2 is 1.70 bits per heavy atom. The minimum Gasteiger partial charge on any atom is -0.497 e. The van der Waals surface area contributed by atoms with Crippen LogP contribution in [0, 0.1) is 20.8 Å². The Balaban J connectivity index is 1.91. The molecule has 0 fully saturated rings. The Morgan fingerprint density at radius 3 is 2.22 bits per heavy atom. The maximum atomic E-state index is 12.5. The van der Waals surface area contributed by atoms with Crippen LogP contribution in [0.4, 0.5) is 0 Å². The standard InChI is InChI=1S/C18H23NO4/c1-12-13(2)23-14(3)17(12)18(20)19(4)10-11-22-16-8-6-15(21-5)7-9-16/h6-9H,10-11H2,1-5H3. The zero-order valence-corrected chi connectivity index (χ0v) is 14.3. The molecule has 0 aliphatic rings. The number of likely N-dealkylation sites (N-methyl/N-ethyl adjacent to an activating group) is 1. The molecule has 2 aromatic rings. The van der Waals surface area contributed by atoms with Gasteiger partial charge in [-0.3, -0.25) is 4.79 Å². The first kappa shape index (κ1) is 16.9. The van der Waals surface area contributed by atoms with Gasteiger partial charge in [0.25, 0.3) is 5.91 Å². The fraction of sp³-hybridized carbons (Fsp3) is 0.389. The number of furan rings is 1. The van der Waals surface area contributed by atoms with Crippen molar-refractivity contribution in [3.05, 3.63) is 46.9 Å². The minimum absolute atomic E-state index is 0.0461. The number of nitrogens with zero attached hydrogens (tertiary/aromatic N) is 1. The first-order valence-electron chi connectivity index (χ1n) is 7.53. The number of rotatable bonds is 6. The van der Waals surface area contributed by atoms with Crippen molar-refractivity contribution in [3.8, 4) is 11.5 Å². The van der Waals surface area contributed by atoms with E-state index in [-0.39, 0.29) is 5.91 Å². The molecular weight excluding hydrogens is 294 g/mol. The third-order valence-corrected chi connectivity index (χ3v) is 3.88. The number of aryl methyl sites for hydroxylation is 2. The van der Waals surface area contributed by atoms with Crippen LogP contribution in [0.5, 0.6) is 11.5 Å². The van der Waals surface area contributed by atoms with Crippen LogP contribution >= 0.6 is 0 Å². The van der Waals surface area contributed by atoms with E-state index in [0.717, 1.165) is 22.8 Å². The Kier molecular flexibility index (Phi) is 5.32. The van der Waals surface area contributed by atoms with Crippen LogP contribution < -0.4 is 9.47 Å². The molecule has 0 saturated heterocycles. The van der Waals surface area contributed by atoms with Gasteiger partial charge in [-0.05, 0) is 45.0 Å². The Hall–Kier alpha value is -2.43. The van der Waals surface area contributed by atoms with E-state index in [4.69, 9.17) is 13.9 Å². The lowest BCUT2D eigenvalue weighted by molar-refractivity contribution is 0.0771. The molecule has 1 aromatic heterocycles. The zero-order chi connectivity index (χ0) is 17.0. The van der Waals surface area contributed by atoms with Crippen LogP contribution in [0.25, 0.3) is 0 Å². The van der Waals surface area contributed by atoms with Gasteiger partial charge in [0.2, 0.25) is 0 Å². The second-order valence-corrected chi connectivity index (χ2v) is 5.47. The van der Waals surface area contributed by atoms with Crippen LogP contribution in [0.1, 0.15) is 27.4 Å². The van der Waals surface area contributed by atoms with Gasteiger partial charge in [-0.2, -0.15) is 0 Å². The van der Waals surface area contributed by atoms with Crippen molar-refractivity contribution in [2.75, 3.05) is 27.3 Å². The lowest BCUT2D eigenvalue weighted by Crippen LogP contribution is -2.31. The predicted molar refractivity (Wildman–Crippen MR) is 88.4 cm³/mol. The normalized spacial score (nSPS) is 10.5. The Bertz CT molecular complexity index is 673. The fourth-order valence-electron chi connectivity index (χ4n) is 2.37. The van der Waals surface area contributed by atoms with Crippen LogP contribution in [-0.2, 0) is 0 Å². The average molecular weight is 317 g/mol. The topological polar surface area (TPSA) is 51.9 Å². The van der Waals surface area contributed by atoms with Crippen LogP contribution in [0.2, 0.25) is 0 Å². The van der Waals surface area contributed by atoms with Crippen molar-refractivity contribution in [3.63, 3.8) is 0 Å². The number of methoxy groups -OCH3 is 1. The second kappa shape index (κ2) is 7.22. The molecule has 23 heavy (non-hydrogen) atoms. The van der Waals surface area contributed by atoms with Crippen molar-refractivity contribution in [1.82, 2.24) is 4.90 Å². The van der Waals surface area contributed by atoms with Gasteiger partial charge in [-0.25, -0.2) is 0 Å². The lowest BCUT2D eigenvalue weighted by atomic mass is 10.1. The highest BCUT2D eigenvalue weighted by Crippen LogP contribution is 2.22. The maximum absolute atomic E-state index is 12.5. The summed E-state index contributed by atoms with van der Waals surface area (Å²) in [5.74, 6) is 2.93. The third-order valence-electron chi connectivity index (χ3n) is 3.88. The average Bonchev–Trinajstić information content (AvgIpc) is 2.80. The highest BCUT2D eigenvalue weighted by molar-refractivity contribution is 5.96. The summed E-state index contributed by atoms with van der Waals surface area (Å²) in [4.78, 5) is 14.2. The van der Waals surface area contributed by atoms with Crippen molar-refractivity contribution in [1.29, 1.82) is 0 Å².